The zero-order valence-corrected chi connectivity index (χ0v) is 12.6. The minimum atomic E-state index is -0.540. The van der Waals surface area contributed by atoms with Crippen LogP contribution in [0, 0.1) is 6.92 Å². The van der Waals surface area contributed by atoms with Crippen molar-refractivity contribution in [2.45, 2.75) is 11.8 Å². The normalized spacial score (nSPS) is 13.6. The first-order valence-electron chi connectivity index (χ1n) is 6.68. The molecule has 5 heteroatoms. The van der Waals surface area contributed by atoms with Gasteiger partial charge in [-0.2, -0.15) is 0 Å². The van der Waals surface area contributed by atoms with E-state index in [9.17, 15) is 14.7 Å². The number of carbonyl (C=O) groups excluding carboxylic acids is 2. The fraction of sp³-hybridized carbons (Fsp3) is 0.0588. The molecule has 2 aromatic carbocycles. The van der Waals surface area contributed by atoms with Crippen LogP contribution in [0.2, 0.25) is 0 Å². The third-order valence-corrected chi connectivity index (χ3v) is 4.19. The summed E-state index contributed by atoms with van der Waals surface area (Å²) in [5, 5.41) is 9.59. The number of allylic oxidation sites excluding steroid dienone is 2. The van der Waals surface area contributed by atoms with Gasteiger partial charge in [0.15, 0.2) is 11.5 Å². The quantitative estimate of drug-likeness (QED) is 0.841. The van der Waals surface area contributed by atoms with Gasteiger partial charge >= 0.3 is 0 Å². The third-order valence-electron chi connectivity index (χ3n) is 3.36. The highest BCUT2D eigenvalue weighted by Crippen LogP contribution is 2.30. The first-order valence-corrected chi connectivity index (χ1v) is 7.50. The number of nitrogens with one attached hydrogen (secondary N) is 1. The van der Waals surface area contributed by atoms with Crippen molar-refractivity contribution < 1.29 is 14.7 Å². The maximum absolute atomic E-state index is 12.1. The largest absolute Gasteiger partial charge is 0.504 e. The maximum Gasteiger partial charge on any atom is 0.230 e. The number of aliphatic hydroxyl groups excluding tert-OH is 1. The van der Waals surface area contributed by atoms with Crippen molar-refractivity contribution in [1.29, 1.82) is 0 Å². The fourth-order valence-corrected chi connectivity index (χ4v) is 2.87. The summed E-state index contributed by atoms with van der Waals surface area (Å²) in [6, 6.07) is 12.9. The van der Waals surface area contributed by atoms with Gasteiger partial charge in [-0.1, -0.05) is 29.8 Å². The van der Waals surface area contributed by atoms with Gasteiger partial charge in [-0.25, -0.2) is 0 Å². The van der Waals surface area contributed by atoms with E-state index < -0.39 is 11.5 Å². The standard InChI is InChI=1S/C17H13NO3S/c1-10-5-7-11(8-6-10)22-18-13-4-2-3-12-14(19)9-15(20)17(21)16(12)13/h2-9,18,20H,1H3. The minimum absolute atomic E-state index is 0.215. The molecular weight excluding hydrogens is 298 g/mol. The number of benzene rings is 2. The van der Waals surface area contributed by atoms with E-state index in [-0.39, 0.29) is 11.3 Å². The smallest absolute Gasteiger partial charge is 0.230 e. The average Bonchev–Trinajstić information content (AvgIpc) is 2.52. The van der Waals surface area contributed by atoms with Gasteiger partial charge in [0.05, 0.1) is 11.3 Å². The Morgan fingerprint density at radius 3 is 2.50 bits per heavy atom. The van der Waals surface area contributed by atoms with E-state index >= 15 is 0 Å². The second-order valence-electron chi connectivity index (χ2n) is 4.97. The lowest BCUT2D eigenvalue weighted by Crippen LogP contribution is -2.18. The molecule has 0 aliphatic heterocycles. The van der Waals surface area contributed by atoms with Gasteiger partial charge in [-0.3, -0.25) is 9.59 Å². The average molecular weight is 311 g/mol. The van der Waals surface area contributed by atoms with E-state index in [1.165, 1.54) is 11.9 Å². The summed E-state index contributed by atoms with van der Waals surface area (Å²) in [7, 11) is 0. The van der Waals surface area contributed by atoms with Crippen molar-refractivity contribution >= 4 is 29.2 Å². The van der Waals surface area contributed by atoms with Crippen LogP contribution >= 0.6 is 11.9 Å². The second-order valence-corrected chi connectivity index (χ2v) is 5.85. The van der Waals surface area contributed by atoms with Gasteiger partial charge < -0.3 is 9.83 Å². The molecule has 1 aliphatic carbocycles. The second kappa shape index (κ2) is 5.69. The molecule has 2 N–H and O–H groups in total. The van der Waals surface area contributed by atoms with Crippen LogP contribution < -0.4 is 4.72 Å². The number of fused-ring (bicyclic) bond motifs is 1. The Morgan fingerprint density at radius 2 is 1.77 bits per heavy atom. The fourth-order valence-electron chi connectivity index (χ4n) is 2.20. The number of aliphatic hydroxyl groups is 1. The van der Waals surface area contributed by atoms with E-state index in [0.717, 1.165) is 16.5 Å². The zero-order chi connectivity index (χ0) is 15.7. The van der Waals surface area contributed by atoms with Gasteiger partial charge in [-0.05, 0) is 37.1 Å². The molecule has 2 aromatic rings. The van der Waals surface area contributed by atoms with Crippen LogP contribution in [0.25, 0.3) is 0 Å². The Hall–Kier alpha value is -2.53. The van der Waals surface area contributed by atoms with Crippen molar-refractivity contribution in [2.75, 3.05) is 4.72 Å². The van der Waals surface area contributed by atoms with Crippen molar-refractivity contribution in [2.24, 2.45) is 0 Å². The first-order chi connectivity index (χ1) is 10.6. The molecule has 0 saturated carbocycles. The van der Waals surface area contributed by atoms with E-state index in [4.69, 9.17) is 0 Å². The van der Waals surface area contributed by atoms with Crippen LogP contribution in [0.15, 0.2) is 59.2 Å². The Bertz CT molecular complexity index is 794. The molecule has 0 bridgehead atoms. The van der Waals surface area contributed by atoms with Crippen molar-refractivity contribution in [3.05, 3.63) is 71.0 Å². The Labute approximate surface area is 132 Å². The zero-order valence-electron chi connectivity index (χ0n) is 11.8. The molecule has 0 atom stereocenters. The summed E-state index contributed by atoms with van der Waals surface area (Å²) >= 11 is 1.34. The number of anilines is 1. The highest BCUT2D eigenvalue weighted by Gasteiger charge is 2.27. The Morgan fingerprint density at radius 1 is 1.05 bits per heavy atom. The molecular formula is C17H13NO3S. The predicted octanol–water partition coefficient (Wildman–Crippen LogP) is 3.94. The summed E-state index contributed by atoms with van der Waals surface area (Å²) < 4.78 is 3.09. The molecule has 4 nitrogen and oxygen atoms in total. The molecule has 110 valence electrons. The molecule has 0 saturated heterocycles. The van der Waals surface area contributed by atoms with Crippen molar-refractivity contribution in [3.63, 3.8) is 0 Å². The molecule has 22 heavy (non-hydrogen) atoms. The summed E-state index contributed by atoms with van der Waals surface area (Å²) in [6.07, 6.45) is 0.960. The lowest BCUT2D eigenvalue weighted by molar-refractivity contribution is 0.0940. The number of rotatable bonds is 3. The molecule has 0 radical (unpaired) electrons. The molecule has 1 aliphatic rings. The van der Waals surface area contributed by atoms with Crippen molar-refractivity contribution in [3.8, 4) is 0 Å². The number of hydrogen-bond acceptors (Lipinski definition) is 5. The number of hydrogen-bond donors (Lipinski definition) is 2. The molecule has 0 amide bonds. The summed E-state index contributed by atoms with van der Waals surface area (Å²) in [4.78, 5) is 25.0. The van der Waals surface area contributed by atoms with E-state index in [0.29, 0.717) is 11.3 Å². The number of aryl methyl sites for hydroxylation is 1. The van der Waals surface area contributed by atoms with E-state index in [1.807, 2.05) is 31.2 Å². The lowest BCUT2D eigenvalue weighted by atomic mass is 9.92. The van der Waals surface area contributed by atoms with E-state index in [2.05, 4.69) is 4.72 Å². The molecule has 0 spiro atoms. The van der Waals surface area contributed by atoms with Crippen LogP contribution in [0.4, 0.5) is 5.69 Å². The summed E-state index contributed by atoms with van der Waals surface area (Å²) in [5.41, 5.74) is 2.20. The van der Waals surface area contributed by atoms with Crippen LogP contribution in [-0.2, 0) is 0 Å². The minimum Gasteiger partial charge on any atom is -0.504 e. The van der Waals surface area contributed by atoms with Crippen LogP contribution in [0.3, 0.4) is 0 Å². The number of ketones is 2. The van der Waals surface area contributed by atoms with E-state index in [1.54, 1.807) is 18.2 Å². The third kappa shape index (κ3) is 2.63. The molecule has 0 unspecified atom stereocenters. The SMILES string of the molecule is Cc1ccc(SNc2cccc3c2C(=O)C(O)=CC3=O)cc1. The Balaban J connectivity index is 1.90. The molecule has 0 fully saturated rings. The molecule has 0 aromatic heterocycles. The summed E-state index contributed by atoms with van der Waals surface area (Å²) in [6.45, 7) is 2.01. The van der Waals surface area contributed by atoms with Gasteiger partial charge in [-0.15, -0.1) is 0 Å². The lowest BCUT2D eigenvalue weighted by Gasteiger charge is -2.16. The monoisotopic (exact) mass is 311 g/mol. The highest BCUT2D eigenvalue weighted by molar-refractivity contribution is 8.00. The van der Waals surface area contributed by atoms with Crippen LogP contribution in [-0.4, -0.2) is 16.7 Å². The number of carbonyl (C=O) groups is 2. The predicted molar refractivity (Wildman–Crippen MR) is 86.5 cm³/mol. The summed E-state index contributed by atoms with van der Waals surface area (Å²) in [5.74, 6) is -1.43. The van der Waals surface area contributed by atoms with Gasteiger partial charge in [0.25, 0.3) is 0 Å². The van der Waals surface area contributed by atoms with Crippen molar-refractivity contribution in [1.82, 2.24) is 0 Å². The maximum atomic E-state index is 12.1. The first kappa shape index (κ1) is 14.4. The number of Topliss-reactive ketones (excluding diaryl/α,β-unsaturated/α-hetero) is 1. The molecule has 0 heterocycles. The van der Waals surface area contributed by atoms with Crippen LogP contribution in [0.1, 0.15) is 26.3 Å². The van der Waals surface area contributed by atoms with Gasteiger partial charge in [0.2, 0.25) is 5.78 Å². The topological polar surface area (TPSA) is 66.4 Å². The van der Waals surface area contributed by atoms with Crippen LogP contribution in [0.5, 0.6) is 0 Å². The van der Waals surface area contributed by atoms with Gasteiger partial charge in [0.1, 0.15) is 0 Å². The molecule has 3 rings (SSSR count). The van der Waals surface area contributed by atoms with Gasteiger partial charge in [0, 0.05) is 16.5 Å². The highest BCUT2D eigenvalue weighted by atomic mass is 32.2. The Kier molecular flexibility index (Phi) is 3.73.